The first kappa shape index (κ1) is 14.2. The molecule has 4 nitrogen and oxygen atoms in total. The van der Waals surface area contributed by atoms with Crippen LogP contribution in [0.3, 0.4) is 0 Å². The van der Waals surface area contributed by atoms with Gasteiger partial charge in [-0.05, 0) is 23.8 Å². The van der Waals surface area contributed by atoms with Gasteiger partial charge in [-0.15, -0.1) is 11.3 Å². The maximum Gasteiger partial charge on any atom is 0.226 e. The summed E-state index contributed by atoms with van der Waals surface area (Å²) in [6.45, 7) is 4.79. The summed E-state index contributed by atoms with van der Waals surface area (Å²) in [6, 6.07) is 3.61. The molecular weight excluding hydrogens is 262 g/mol. The summed E-state index contributed by atoms with van der Waals surface area (Å²) in [4.78, 5) is 24.6. The van der Waals surface area contributed by atoms with E-state index < -0.39 is 0 Å². The Labute approximate surface area is 117 Å². The van der Waals surface area contributed by atoms with Crippen LogP contribution in [0, 0.1) is 11.8 Å². The van der Waals surface area contributed by atoms with Gasteiger partial charge in [-0.1, -0.05) is 19.9 Å². The van der Waals surface area contributed by atoms with E-state index in [0.29, 0.717) is 17.4 Å². The number of carbonyl (C=O) groups is 2. The number of amides is 1. The minimum absolute atomic E-state index is 0.0307. The van der Waals surface area contributed by atoms with Gasteiger partial charge in [0, 0.05) is 6.61 Å². The summed E-state index contributed by atoms with van der Waals surface area (Å²) in [6.07, 6.45) is 0.707. The topological polar surface area (TPSA) is 55.4 Å². The molecule has 1 amide bonds. The zero-order valence-corrected chi connectivity index (χ0v) is 12.0. The van der Waals surface area contributed by atoms with Crippen LogP contribution in [-0.2, 0) is 9.53 Å². The third-order valence-electron chi connectivity index (χ3n) is 3.35. The Morgan fingerprint density at radius 3 is 2.95 bits per heavy atom. The minimum Gasteiger partial charge on any atom is -0.377 e. The zero-order valence-electron chi connectivity index (χ0n) is 11.2. The van der Waals surface area contributed by atoms with Crippen molar-refractivity contribution in [2.75, 3.05) is 13.2 Å². The van der Waals surface area contributed by atoms with Gasteiger partial charge in [0.2, 0.25) is 5.91 Å². The molecule has 104 valence electrons. The maximum atomic E-state index is 12.1. The van der Waals surface area contributed by atoms with Crippen LogP contribution in [0.5, 0.6) is 0 Å². The number of Topliss-reactive ketones (excluding diaryl/α,β-unsaturated/α-hetero) is 1. The number of thiophene rings is 1. The number of nitrogens with one attached hydrogen (secondary N) is 1. The van der Waals surface area contributed by atoms with E-state index >= 15 is 0 Å². The molecule has 1 fully saturated rings. The molecule has 2 atom stereocenters. The van der Waals surface area contributed by atoms with Crippen LogP contribution in [0.25, 0.3) is 0 Å². The van der Waals surface area contributed by atoms with Crippen molar-refractivity contribution >= 4 is 23.0 Å². The Morgan fingerprint density at radius 2 is 2.32 bits per heavy atom. The van der Waals surface area contributed by atoms with Gasteiger partial charge in [-0.25, -0.2) is 0 Å². The average Bonchev–Trinajstić information content (AvgIpc) is 3.04. The van der Waals surface area contributed by atoms with Gasteiger partial charge in [-0.2, -0.15) is 0 Å². The lowest BCUT2D eigenvalue weighted by Gasteiger charge is -2.21. The number of ether oxygens (including phenoxy) is 1. The molecule has 1 aliphatic heterocycles. The van der Waals surface area contributed by atoms with Crippen LogP contribution in [0.1, 0.15) is 29.9 Å². The highest BCUT2D eigenvalue weighted by Gasteiger charge is 2.35. The zero-order chi connectivity index (χ0) is 13.8. The first-order valence-corrected chi connectivity index (χ1v) is 7.43. The molecule has 2 unspecified atom stereocenters. The molecule has 0 bridgehead atoms. The fraction of sp³-hybridized carbons (Fsp3) is 0.571. The summed E-state index contributed by atoms with van der Waals surface area (Å²) >= 11 is 1.39. The van der Waals surface area contributed by atoms with E-state index in [1.54, 1.807) is 6.07 Å². The van der Waals surface area contributed by atoms with Crippen molar-refractivity contribution in [1.82, 2.24) is 5.32 Å². The van der Waals surface area contributed by atoms with Crippen LogP contribution in [0.4, 0.5) is 0 Å². The van der Waals surface area contributed by atoms with Crippen molar-refractivity contribution in [2.45, 2.75) is 26.4 Å². The van der Waals surface area contributed by atoms with Gasteiger partial charge in [0.25, 0.3) is 0 Å². The monoisotopic (exact) mass is 281 g/mol. The van der Waals surface area contributed by atoms with Gasteiger partial charge >= 0.3 is 0 Å². The lowest BCUT2D eigenvalue weighted by atomic mass is 9.92. The van der Waals surface area contributed by atoms with Gasteiger partial charge < -0.3 is 10.1 Å². The van der Waals surface area contributed by atoms with E-state index in [1.807, 2.05) is 25.3 Å². The van der Waals surface area contributed by atoms with Crippen LogP contribution in [-0.4, -0.2) is 30.9 Å². The second-order valence-corrected chi connectivity index (χ2v) is 6.04. The lowest BCUT2D eigenvalue weighted by Crippen LogP contribution is -2.39. The van der Waals surface area contributed by atoms with Gasteiger partial charge in [0.15, 0.2) is 5.78 Å². The van der Waals surface area contributed by atoms with E-state index in [-0.39, 0.29) is 30.3 Å². The Morgan fingerprint density at radius 1 is 1.53 bits per heavy atom. The molecule has 0 saturated carbocycles. The summed E-state index contributed by atoms with van der Waals surface area (Å²) in [5.74, 6) is 0.0758. The smallest absolute Gasteiger partial charge is 0.226 e. The molecule has 2 rings (SSSR count). The van der Waals surface area contributed by atoms with Crippen molar-refractivity contribution in [1.29, 1.82) is 0 Å². The SMILES string of the molecule is CC(C)C1OCCC1C(=O)NCC(=O)c1cccs1. The molecule has 19 heavy (non-hydrogen) atoms. The van der Waals surface area contributed by atoms with Crippen molar-refractivity contribution in [3.8, 4) is 0 Å². The standard InChI is InChI=1S/C14H19NO3S/c1-9(2)13-10(5-6-18-13)14(17)15-8-11(16)12-4-3-7-19-12/h3-4,7,9-10,13H,5-6,8H2,1-2H3,(H,15,17). The Hall–Kier alpha value is -1.20. The largest absolute Gasteiger partial charge is 0.377 e. The third kappa shape index (κ3) is 3.42. The van der Waals surface area contributed by atoms with Crippen molar-refractivity contribution in [3.05, 3.63) is 22.4 Å². The second kappa shape index (κ2) is 6.30. The predicted octanol–water partition coefficient (Wildman–Crippen LogP) is 2.11. The first-order valence-electron chi connectivity index (χ1n) is 6.55. The van der Waals surface area contributed by atoms with Crippen LogP contribution < -0.4 is 5.32 Å². The third-order valence-corrected chi connectivity index (χ3v) is 4.26. The van der Waals surface area contributed by atoms with Crippen LogP contribution in [0.15, 0.2) is 17.5 Å². The minimum atomic E-state index is -0.129. The molecule has 0 spiro atoms. The Kier molecular flexibility index (Phi) is 4.71. The molecule has 1 saturated heterocycles. The maximum absolute atomic E-state index is 12.1. The highest BCUT2D eigenvalue weighted by molar-refractivity contribution is 7.12. The molecule has 1 aliphatic rings. The van der Waals surface area contributed by atoms with E-state index in [4.69, 9.17) is 4.74 Å². The van der Waals surface area contributed by atoms with E-state index in [2.05, 4.69) is 5.32 Å². The number of carbonyl (C=O) groups excluding carboxylic acids is 2. The van der Waals surface area contributed by atoms with Crippen molar-refractivity contribution in [2.24, 2.45) is 11.8 Å². The molecule has 0 radical (unpaired) electrons. The molecule has 1 aromatic rings. The van der Waals surface area contributed by atoms with E-state index in [0.717, 1.165) is 6.42 Å². The number of rotatable bonds is 5. The molecule has 1 N–H and O–H groups in total. The number of ketones is 1. The van der Waals surface area contributed by atoms with Gasteiger partial charge in [0.05, 0.1) is 23.4 Å². The first-order chi connectivity index (χ1) is 9.09. The fourth-order valence-electron chi connectivity index (χ4n) is 2.37. The molecule has 1 aromatic heterocycles. The molecule has 2 heterocycles. The van der Waals surface area contributed by atoms with Crippen LogP contribution in [0.2, 0.25) is 0 Å². The summed E-state index contributed by atoms with van der Waals surface area (Å²) in [5, 5.41) is 4.59. The summed E-state index contributed by atoms with van der Waals surface area (Å²) in [5.41, 5.74) is 0. The number of hydrogen-bond donors (Lipinski definition) is 1. The number of hydrogen-bond acceptors (Lipinski definition) is 4. The van der Waals surface area contributed by atoms with Crippen molar-refractivity contribution in [3.63, 3.8) is 0 Å². The predicted molar refractivity (Wildman–Crippen MR) is 74.3 cm³/mol. The Bertz CT molecular complexity index is 442. The van der Waals surface area contributed by atoms with Gasteiger partial charge in [-0.3, -0.25) is 9.59 Å². The highest BCUT2D eigenvalue weighted by atomic mass is 32.1. The average molecular weight is 281 g/mol. The Balaban J connectivity index is 1.86. The fourth-order valence-corrected chi connectivity index (χ4v) is 3.04. The molecular formula is C14H19NO3S. The lowest BCUT2D eigenvalue weighted by molar-refractivity contribution is -0.127. The second-order valence-electron chi connectivity index (χ2n) is 5.09. The van der Waals surface area contributed by atoms with E-state index in [1.165, 1.54) is 11.3 Å². The van der Waals surface area contributed by atoms with Crippen molar-refractivity contribution < 1.29 is 14.3 Å². The van der Waals surface area contributed by atoms with Crippen LogP contribution >= 0.6 is 11.3 Å². The normalized spacial score (nSPS) is 22.7. The quantitative estimate of drug-likeness (QED) is 0.841. The van der Waals surface area contributed by atoms with E-state index in [9.17, 15) is 9.59 Å². The molecule has 0 aromatic carbocycles. The summed E-state index contributed by atoms with van der Waals surface area (Å²) < 4.78 is 5.58. The highest BCUT2D eigenvalue weighted by Crippen LogP contribution is 2.26. The molecule has 5 heteroatoms. The summed E-state index contributed by atoms with van der Waals surface area (Å²) in [7, 11) is 0. The van der Waals surface area contributed by atoms with Gasteiger partial charge in [0.1, 0.15) is 0 Å². The molecule has 0 aliphatic carbocycles.